The monoisotopic (exact) mass is 653 g/mol. The molecule has 0 spiro atoms. The minimum absolute atomic E-state index is 0.836. The molecule has 0 atom stereocenters. The van der Waals surface area contributed by atoms with Gasteiger partial charge in [0.1, 0.15) is 16.7 Å². The number of hydrogen-bond acceptors (Lipinski definition) is 3. The molecule has 0 fully saturated rings. The first-order valence-electron chi connectivity index (χ1n) is 17.3. The zero-order valence-corrected chi connectivity index (χ0v) is 27.7. The maximum atomic E-state index is 6.83. The fraction of sp³-hybridized carbons (Fsp3) is 0. The second-order valence-electron chi connectivity index (χ2n) is 12.9. The van der Waals surface area contributed by atoms with E-state index in [0.717, 1.165) is 77.6 Å². The van der Waals surface area contributed by atoms with Crippen molar-refractivity contribution in [2.45, 2.75) is 0 Å². The number of fused-ring (bicyclic) bond motifs is 6. The van der Waals surface area contributed by atoms with Crippen LogP contribution in [0.25, 0.3) is 77.3 Å². The van der Waals surface area contributed by atoms with Gasteiger partial charge in [-0.05, 0) is 75.8 Å². The van der Waals surface area contributed by atoms with Gasteiger partial charge < -0.3 is 13.7 Å². The number of para-hydroxylation sites is 2. The van der Waals surface area contributed by atoms with Crippen molar-refractivity contribution in [3.05, 3.63) is 188 Å². The fourth-order valence-electron chi connectivity index (χ4n) is 7.49. The lowest BCUT2D eigenvalue weighted by Crippen LogP contribution is -2.10. The summed E-state index contributed by atoms with van der Waals surface area (Å²) in [5, 5.41) is 4.32. The predicted octanol–water partition coefficient (Wildman–Crippen LogP) is 14.0. The van der Waals surface area contributed by atoms with Crippen LogP contribution in [0, 0.1) is 0 Å². The van der Waals surface area contributed by atoms with Crippen molar-refractivity contribution >= 4 is 60.9 Å². The van der Waals surface area contributed by atoms with E-state index in [2.05, 4.69) is 175 Å². The summed E-state index contributed by atoms with van der Waals surface area (Å²) in [6, 6.07) is 66.0. The Balaban J connectivity index is 1.18. The lowest BCUT2D eigenvalue weighted by atomic mass is 9.97. The molecule has 0 radical (unpaired) electrons. The van der Waals surface area contributed by atoms with Gasteiger partial charge in [-0.3, -0.25) is 0 Å². The highest BCUT2D eigenvalue weighted by molar-refractivity contribution is 6.19. The van der Waals surface area contributed by atoms with E-state index in [4.69, 9.17) is 8.83 Å². The smallest absolute Gasteiger partial charge is 0.160 e. The Morgan fingerprint density at radius 1 is 0.314 bits per heavy atom. The van der Waals surface area contributed by atoms with Crippen molar-refractivity contribution in [3.8, 4) is 33.4 Å². The first-order valence-corrected chi connectivity index (χ1v) is 17.3. The van der Waals surface area contributed by atoms with Gasteiger partial charge in [0.05, 0.1) is 16.8 Å². The van der Waals surface area contributed by atoms with Gasteiger partial charge in [-0.15, -0.1) is 0 Å². The minimum Gasteiger partial charge on any atom is -0.456 e. The molecule has 2 aromatic heterocycles. The van der Waals surface area contributed by atoms with Crippen LogP contribution in [0.4, 0.5) is 17.1 Å². The fourth-order valence-corrected chi connectivity index (χ4v) is 7.49. The van der Waals surface area contributed by atoms with E-state index in [1.54, 1.807) is 0 Å². The molecule has 0 unspecified atom stereocenters. The molecule has 0 aliphatic carbocycles. The second-order valence-corrected chi connectivity index (χ2v) is 12.9. The van der Waals surface area contributed by atoms with Crippen LogP contribution in [-0.2, 0) is 0 Å². The van der Waals surface area contributed by atoms with Gasteiger partial charge in [-0.1, -0.05) is 146 Å². The summed E-state index contributed by atoms with van der Waals surface area (Å²) in [5.74, 6) is 0. The first-order chi connectivity index (χ1) is 25.3. The van der Waals surface area contributed by atoms with Gasteiger partial charge in [0, 0.05) is 21.8 Å². The number of benzene rings is 8. The zero-order valence-electron chi connectivity index (χ0n) is 27.7. The molecular formula is C48H31NO2. The number of furan rings is 2. The highest BCUT2D eigenvalue weighted by atomic mass is 16.3. The SMILES string of the molecule is c1ccc(-c2ccc(-c3ccc(N(c4ccc(-c5ccccc5)c5c4oc4ccccc45)c4cccc5oc6ccccc6c45)cc3)cc2)cc1. The maximum Gasteiger partial charge on any atom is 0.160 e. The molecule has 0 bridgehead atoms. The molecule has 0 aliphatic rings. The van der Waals surface area contributed by atoms with Crippen LogP contribution in [0.1, 0.15) is 0 Å². The lowest BCUT2D eigenvalue weighted by molar-refractivity contribution is 0.668. The summed E-state index contributed by atoms with van der Waals surface area (Å²) in [6.07, 6.45) is 0. The van der Waals surface area contributed by atoms with E-state index in [1.807, 2.05) is 18.2 Å². The molecule has 10 rings (SSSR count). The third-order valence-corrected chi connectivity index (χ3v) is 9.90. The molecule has 240 valence electrons. The minimum atomic E-state index is 0.836. The Kier molecular flexibility index (Phi) is 6.81. The average Bonchev–Trinajstić information content (AvgIpc) is 3.79. The molecule has 0 aliphatic heterocycles. The molecule has 51 heavy (non-hydrogen) atoms. The number of hydrogen-bond donors (Lipinski definition) is 0. The van der Waals surface area contributed by atoms with Crippen LogP contribution in [0.3, 0.4) is 0 Å². The van der Waals surface area contributed by atoms with Crippen molar-refractivity contribution in [3.63, 3.8) is 0 Å². The Bertz CT molecular complexity index is 2830. The van der Waals surface area contributed by atoms with E-state index in [-0.39, 0.29) is 0 Å². The van der Waals surface area contributed by atoms with E-state index < -0.39 is 0 Å². The van der Waals surface area contributed by atoms with Gasteiger partial charge in [-0.25, -0.2) is 0 Å². The molecule has 0 saturated carbocycles. The Morgan fingerprint density at radius 2 is 0.824 bits per heavy atom. The molecule has 0 N–H and O–H groups in total. The molecule has 3 nitrogen and oxygen atoms in total. The molecule has 8 aromatic carbocycles. The topological polar surface area (TPSA) is 29.5 Å². The summed E-state index contributed by atoms with van der Waals surface area (Å²) in [7, 11) is 0. The summed E-state index contributed by atoms with van der Waals surface area (Å²) >= 11 is 0. The second kappa shape index (κ2) is 11.9. The van der Waals surface area contributed by atoms with Crippen molar-refractivity contribution in [1.29, 1.82) is 0 Å². The quantitative estimate of drug-likeness (QED) is 0.179. The number of nitrogens with zero attached hydrogens (tertiary/aromatic N) is 1. The van der Waals surface area contributed by atoms with Crippen LogP contribution >= 0.6 is 0 Å². The van der Waals surface area contributed by atoms with E-state index in [0.29, 0.717) is 0 Å². The van der Waals surface area contributed by atoms with Crippen LogP contribution < -0.4 is 4.90 Å². The van der Waals surface area contributed by atoms with Gasteiger partial charge in [0.2, 0.25) is 0 Å². The standard InChI is InChI=1S/C48H31NO2/c1-3-12-32(13-4-1)33-22-24-34(25-23-33)35-26-28-37(29-27-35)49(41-18-11-21-45-47(41)40-17-8-9-19-43(40)50-45)42-31-30-38(36-14-5-2-6-15-36)46-39-16-7-10-20-44(39)51-48(42)46/h1-31H. The molecule has 3 heteroatoms. The van der Waals surface area contributed by atoms with Crippen molar-refractivity contribution in [1.82, 2.24) is 0 Å². The first kappa shape index (κ1) is 29.1. The predicted molar refractivity (Wildman–Crippen MR) is 212 cm³/mol. The molecule has 0 amide bonds. The molecule has 2 heterocycles. The zero-order chi connectivity index (χ0) is 33.7. The highest BCUT2D eigenvalue weighted by Crippen LogP contribution is 2.48. The Labute approximate surface area is 295 Å². The molecule has 10 aromatic rings. The van der Waals surface area contributed by atoms with E-state index in [9.17, 15) is 0 Å². The van der Waals surface area contributed by atoms with Crippen molar-refractivity contribution in [2.75, 3.05) is 4.90 Å². The van der Waals surface area contributed by atoms with E-state index >= 15 is 0 Å². The molecular weight excluding hydrogens is 623 g/mol. The number of rotatable bonds is 6. The third kappa shape index (κ3) is 4.90. The summed E-state index contributed by atoms with van der Waals surface area (Å²) in [5.41, 5.74) is 13.4. The van der Waals surface area contributed by atoms with Crippen LogP contribution in [0.15, 0.2) is 197 Å². The van der Waals surface area contributed by atoms with Crippen molar-refractivity contribution < 1.29 is 8.83 Å². The lowest BCUT2D eigenvalue weighted by Gasteiger charge is -2.27. The van der Waals surface area contributed by atoms with Crippen LogP contribution in [-0.4, -0.2) is 0 Å². The number of anilines is 3. The van der Waals surface area contributed by atoms with E-state index in [1.165, 1.54) is 16.7 Å². The molecule has 0 saturated heterocycles. The van der Waals surface area contributed by atoms with Crippen LogP contribution in [0.5, 0.6) is 0 Å². The highest BCUT2D eigenvalue weighted by Gasteiger charge is 2.24. The van der Waals surface area contributed by atoms with Crippen LogP contribution in [0.2, 0.25) is 0 Å². The van der Waals surface area contributed by atoms with Crippen molar-refractivity contribution in [2.24, 2.45) is 0 Å². The summed E-state index contributed by atoms with van der Waals surface area (Å²) in [4.78, 5) is 2.33. The van der Waals surface area contributed by atoms with Gasteiger partial charge in [0.15, 0.2) is 5.58 Å². The van der Waals surface area contributed by atoms with Gasteiger partial charge >= 0.3 is 0 Å². The Morgan fingerprint density at radius 3 is 1.49 bits per heavy atom. The largest absolute Gasteiger partial charge is 0.456 e. The third-order valence-electron chi connectivity index (χ3n) is 9.90. The maximum absolute atomic E-state index is 6.83. The summed E-state index contributed by atoms with van der Waals surface area (Å²) < 4.78 is 13.2. The van der Waals surface area contributed by atoms with Gasteiger partial charge in [-0.2, -0.15) is 0 Å². The summed E-state index contributed by atoms with van der Waals surface area (Å²) in [6.45, 7) is 0. The Hall–Kier alpha value is -6.84. The van der Waals surface area contributed by atoms with Gasteiger partial charge in [0.25, 0.3) is 0 Å². The normalized spacial score (nSPS) is 11.5. The average molecular weight is 654 g/mol.